The SMILES string of the molecule is COc1ccc(-n2c(=O)[nH]c3c(sc4nccc(N(C)C)c43)c2=O)cc1. The zero-order valence-corrected chi connectivity index (χ0v) is 15.3. The number of aromatic amines is 1. The number of nitrogens with one attached hydrogen (secondary N) is 1. The molecule has 3 aromatic heterocycles. The van der Waals surface area contributed by atoms with Crippen LogP contribution in [0.1, 0.15) is 0 Å². The molecule has 3 heterocycles. The van der Waals surface area contributed by atoms with Crippen LogP contribution in [0.5, 0.6) is 5.75 Å². The summed E-state index contributed by atoms with van der Waals surface area (Å²) in [4.78, 5) is 35.6. The predicted molar refractivity (Wildman–Crippen MR) is 104 cm³/mol. The molecule has 4 aromatic rings. The second-order valence-corrected chi connectivity index (χ2v) is 6.98. The highest BCUT2D eigenvalue weighted by Gasteiger charge is 2.18. The summed E-state index contributed by atoms with van der Waals surface area (Å²) in [5.41, 5.74) is 1.07. The second-order valence-electron chi connectivity index (χ2n) is 5.98. The van der Waals surface area contributed by atoms with Crippen molar-refractivity contribution in [3.63, 3.8) is 0 Å². The molecule has 0 amide bonds. The van der Waals surface area contributed by atoms with E-state index in [-0.39, 0.29) is 5.56 Å². The number of hydrogen-bond acceptors (Lipinski definition) is 6. The minimum atomic E-state index is -0.485. The number of hydrogen-bond donors (Lipinski definition) is 1. The number of nitrogens with zero attached hydrogens (tertiary/aromatic N) is 3. The molecule has 0 aliphatic rings. The van der Waals surface area contributed by atoms with Gasteiger partial charge in [0, 0.05) is 20.3 Å². The Kier molecular flexibility index (Phi) is 3.77. The summed E-state index contributed by atoms with van der Waals surface area (Å²) in [6, 6.07) is 8.64. The maximum absolute atomic E-state index is 13.0. The number of H-pyrrole nitrogens is 1. The Morgan fingerprint density at radius 2 is 1.88 bits per heavy atom. The fraction of sp³-hybridized carbons (Fsp3) is 0.167. The molecule has 1 aromatic carbocycles. The number of fused-ring (bicyclic) bond motifs is 3. The Bertz CT molecular complexity index is 1240. The van der Waals surface area contributed by atoms with Crippen LogP contribution < -0.4 is 20.9 Å². The summed E-state index contributed by atoms with van der Waals surface area (Å²) < 4.78 is 6.73. The number of ether oxygens (including phenoxy) is 1. The van der Waals surface area contributed by atoms with E-state index in [0.717, 1.165) is 15.6 Å². The van der Waals surface area contributed by atoms with Crippen molar-refractivity contribution in [3.8, 4) is 11.4 Å². The summed E-state index contributed by atoms with van der Waals surface area (Å²) in [5.74, 6) is 0.654. The zero-order chi connectivity index (χ0) is 18.4. The lowest BCUT2D eigenvalue weighted by Gasteiger charge is -2.13. The minimum Gasteiger partial charge on any atom is -0.497 e. The van der Waals surface area contributed by atoms with Crippen molar-refractivity contribution >= 4 is 37.5 Å². The lowest BCUT2D eigenvalue weighted by Crippen LogP contribution is -2.33. The molecular weight excluding hydrogens is 352 g/mol. The number of aromatic nitrogens is 3. The monoisotopic (exact) mass is 368 g/mol. The van der Waals surface area contributed by atoms with Crippen molar-refractivity contribution < 1.29 is 4.74 Å². The van der Waals surface area contributed by atoms with Gasteiger partial charge in [0.1, 0.15) is 15.3 Å². The first-order chi connectivity index (χ1) is 12.5. The molecule has 0 bridgehead atoms. The maximum atomic E-state index is 13.0. The van der Waals surface area contributed by atoms with E-state index >= 15 is 0 Å². The molecule has 1 N–H and O–H groups in total. The molecule has 0 saturated carbocycles. The third kappa shape index (κ3) is 2.38. The number of methoxy groups -OCH3 is 1. The number of rotatable bonds is 3. The van der Waals surface area contributed by atoms with Crippen LogP contribution in [0.25, 0.3) is 26.1 Å². The number of thiophene rings is 1. The van der Waals surface area contributed by atoms with Gasteiger partial charge in [-0.15, -0.1) is 11.3 Å². The van der Waals surface area contributed by atoms with Gasteiger partial charge >= 0.3 is 5.69 Å². The third-order valence-electron chi connectivity index (χ3n) is 4.21. The van der Waals surface area contributed by atoms with Crippen molar-refractivity contribution in [1.82, 2.24) is 14.5 Å². The van der Waals surface area contributed by atoms with Gasteiger partial charge in [0.25, 0.3) is 5.56 Å². The van der Waals surface area contributed by atoms with Crippen molar-refractivity contribution in [3.05, 3.63) is 57.4 Å². The van der Waals surface area contributed by atoms with Gasteiger partial charge in [0.15, 0.2) is 0 Å². The van der Waals surface area contributed by atoms with Crippen LogP contribution in [0.2, 0.25) is 0 Å². The number of pyridine rings is 1. The molecule has 0 atom stereocenters. The second kappa shape index (κ2) is 5.99. The highest BCUT2D eigenvalue weighted by Crippen LogP contribution is 2.34. The van der Waals surface area contributed by atoms with Crippen LogP contribution in [0, 0.1) is 0 Å². The Balaban J connectivity index is 2.06. The lowest BCUT2D eigenvalue weighted by molar-refractivity contribution is 0.414. The highest BCUT2D eigenvalue weighted by atomic mass is 32.1. The Morgan fingerprint density at radius 3 is 2.54 bits per heavy atom. The van der Waals surface area contributed by atoms with Gasteiger partial charge < -0.3 is 14.6 Å². The molecule has 0 radical (unpaired) electrons. The summed E-state index contributed by atoms with van der Waals surface area (Å²) in [5, 5.41) is 0.786. The quantitative estimate of drug-likeness (QED) is 0.600. The summed E-state index contributed by atoms with van der Waals surface area (Å²) >= 11 is 1.28. The van der Waals surface area contributed by atoms with E-state index in [1.807, 2.05) is 25.1 Å². The van der Waals surface area contributed by atoms with E-state index in [9.17, 15) is 9.59 Å². The standard InChI is InChI=1S/C18H16N4O3S/c1-21(2)12-8-9-19-16-13(12)14-15(26-16)17(23)22(18(24)20-14)10-4-6-11(25-3)7-5-10/h4-9H,1-3H3,(H,20,24). The van der Waals surface area contributed by atoms with E-state index in [4.69, 9.17) is 4.74 Å². The molecule has 7 nitrogen and oxygen atoms in total. The molecule has 0 fully saturated rings. The Morgan fingerprint density at radius 1 is 1.15 bits per heavy atom. The average molecular weight is 368 g/mol. The topological polar surface area (TPSA) is 80.2 Å². The van der Waals surface area contributed by atoms with Gasteiger partial charge in [-0.2, -0.15) is 0 Å². The Labute approximate surface area is 152 Å². The first-order valence-corrected chi connectivity index (χ1v) is 8.71. The van der Waals surface area contributed by atoms with Crippen LogP contribution in [-0.2, 0) is 0 Å². The van der Waals surface area contributed by atoms with Gasteiger partial charge in [0.2, 0.25) is 0 Å². The molecule has 8 heteroatoms. The van der Waals surface area contributed by atoms with E-state index < -0.39 is 5.69 Å². The first kappa shape index (κ1) is 16.3. The lowest BCUT2D eigenvalue weighted by atomic mass is 10.2. The van der Waals surface area contributed by atoms with Gasteiger partial charge in [-0.3, -0.25) is 4.79 Å². The van der Waals surface area contributed by atoms with Crippen molar-refractivity contribution in [2.45, 2.75) is 0 Å². The summed E-state index contributed by atoms with van der Waals surface area (Å²) in [7, 11) is 5.39. The summed E-state index contributed by atoms with van der Waals surface area (Å²) in [6.45, 7) is 0. The molecule has 0 unspecified atom stereocenters. The normalized spacial score (nSPS) is 11.2. The third-order valence-corrected chi connectivity index (χ3v) is 5.30. The smallest absolute Gasteiger partial charge is 0.333 e. The van der Waals surface area contributed by atoms with Crippen molar-refractivity contribution in [2.75, 3.05) is 26.1 Å². The molecule has 0 aliphatic carbocycles. The van der Waals surface area contributed by atoms with E-state index in [2.05, 4.69) is 9.97 Å². The minimum absolute atomic E-state index is 0.360. The van der Waals surface area contributed by atoms with E-state index in [0.29, 0.717) is 26.5 Å². The van der Waals surface area contributed by atoms with Crippen LogP contribution in [-0.4, -0.2) is 35.7 Å². The van der Waals surface area contributed by atoms with Gasteiger partial charge in [-0.1, -0.05) is 0 Å². The maximum Gasteiger partial charge on any atom is 0.333 e. The van der Waals surface area contributed by atoms with Crippen LogP contribution >= 0.6 is 11.3 Å². The Hall–Kier alpha value is -3.13. The summed E-state index contributed by atoms with van der Waals surface area (Å²) in [6.07, 6.45) is 1.70. The van der Waals surface area contributed by atoms with Crippen molar-refractivity contribution in [1.29, 1.82) is 0 Å². The predicted octanol–water partition coefficient (Wildman–Crippen LogP) is 2.36. The van der Waals surface area contributed by atoms with Crippen LogP contribution in [0.4, 0.5) is 5.69 Å². The first-order valence-electron chi connectivity index (χ1n) is 7.89. The van der Waals surface area contributed by atoms with Crippen molar-refractivity contribution in [2.24, 2.45) is 0 Å². The van der Waals surface area contributed by atoms with E-state index in [1.165, 1.54) is 11.3 Å². The molecule has 4 rings (SSSR count). The molecule has 0 spiro atoms. The van der Waals surface area contributed by atoms with Crippen LogP contribution in [0.15, 0.2) is 46.1 Å². The molecular formula is C18H16N4O3S. The molecule has 26 heavy (non-hydrogen) atoms. The van der Waals surface area contributed by atoms with Crippen LogP contribution in [0.3, 0.4) is 0 Å². The molecule has 132 valence electrons. The van der Waals surface area contributed by atoms with E-state index in [1.54, 1.807) is 37.6 Å². The number of benzene rings is 1. The number of anilines is 1. The van der Waals surface area contributed by atoms with Gasteiger partial charge in [-0.05, 0) is 30.3 Å². The molecule has 0 aliphatic heterocycles. The highest BCUT2D eigenvalue weighted by molar-refractivity contribution is 7.25. The molecule has 0 saturated heterocycles. The fourth-order valence-electron chi connectivity index (χ4n) is 2.97. The van der Waals surface area contributed by atoms with Gasteiger partial charge in [-0.25, -0.2) is 14.3 Å². The fourth-order valence-corrected chi connectivity index (χ4v) is 4.02. The largest absolute Gasteiger partial charge is 0.497 e. The zero-order valence-electron chi connectivity index (χ0n) is 14.4. The van der Waals surface area contributed by atoms with Gasteiger partial charge in [0.05, 0.1) is 29.4 Å². The average Bonchev–Trinajstić information content (AvgIpc) is 3.01.